The molecule has 1 aliphatic rings. The zero-order chi connectivity index (χ0) is 18.1. The van der Waals surface area contributed by atoms with E-state index in [9.17, 15) is 23.1 Å². The van der Waals surface area contributed by atoms with Gasteiger partial charge >= 0.3 is 12.2 Å². The summed E-state index contributed by atoms with van der Waals surface area (Å²) in [5.74, 6) is 0.0874. The Morgan fingerprint density at radius 3 is 2.79 bits per heavy atom. The van der Waals surface area contributed by atoms with Crippen molar-refractivity contribution in [3.8, 4) is 0 Å². The lowest BCUT2D eigenvalue weighted by molar-refractivity contribution is -0.142. The third kappa shape index (κ3) is 5.12. The lowest BCUT2D eigenvalue weighted by atomic mass is 9.87. The normalized spacial score (nSPS) is 21.5. The second-order valence-electron chi connectivity index (χ2n) is 7.11. The monoisotopic (exact) mass is 348 g/mol. The standard InChI is InChI=1S/C15H23F3N4O2/c1-10-6-12(20-22(10)9-15(16,17)18)19-13(24)21-5-4-11(23)7-14(2,3)8-21/h6,11,23H,4-5,7-9H2,1-3H3,(H,19,20,24). The quantitative estimate of drug-likeness (QED) is 0.863. The van der Waals surface area contributed by atoms with Crippen molar-refractivity contribution in [2.75, 3.05) is 18.4 Å². The van der Waals surface area contributed by atoms with Crippen LogP contribution in [0.15, 0.2) is 6.07 Å². The van der Waals surface area contributed by atoms with Crippen molar-refractivity contribution in [1.82, 2.24) is 14.7 Å². The Bertz CT molecular complexity index is 598. The number of halogens is 3. The van der Waals surface area contributed by atoms with E-state index in [1.165, 1.54) is 13.0 Å². The van der Waals surface area contributed by atoms with Gasteiger partial charge < -0.3 is 10.0 Å². The second kappa shape index (κ2) is 6.62. The van der Waals surface area contributed by atoms with Crippen molar-refractivity contribution in [3.63, 3.8) is 0 Å². The molecule has 9 heteroatoms. The van der Waals surface area contributed by atoms with Crippen molar-refractivity contribution in [2.45, 2.75) is 52.4 Å². The summed E-state index contributed by atoms with van der Waals surface area (Å²) in [7, 11) is 0. The molecule has 0 saturated carbocycles. The molecule has 2 N–H and O–H groups in total. The van der Waals surface area contributed by atoms with E-state index in [4.69, 9.17) is 0 Å². The molecule has 2 heterocycles. The number of amides is 2. The van der Waals surface area contributed by atoms with Gasteiger partial charge in [-0.15, -0.1) is 0 Å². The number of anilines is 1. The zero-order valence-electron chi connectivity index (χ0n) is 14.0. The molecule has 0 aliphatic carbocycles. The Labute approximate surface area is 138 Å². The molecule has 0 bridgehead atoms. The fourth-order valence-electron chi connectivity index (χ4n) is 2.97. The third-order valence-corrected chi connectivity index (χ3v) is 3.97. The largest absolute Gasteiger partial charge is 0.408 e. The predicted molar refractivity (Wildman–Crippen MR) is 82.6 cm³/mol. The molecule has 24 heavy (non-hydrogen) atoms. The van der Waals surface area contributed by atoms with Gasteiger partial charge in [0.25, 0.3) is 0 Å². The van der Waals surface area contributed by atoms with Gasteiger partial charge in [0.2, 0.25) is 0 Å². The number of aliphatic hydroxyl groups is 1. The molecule has 1 aliphatic heterocycles. The minimum atomic E-state index is -4.37. The number of carbonyl (C=O) groups is 1. The number of urea groups is 1. The molecule has 1 aromatic rings. The summed E-state index contributed by atoms with van der Waals surface area (Å²) in [6.45, 7) is 5.07. The minimum Gasteiger partial charge on any atom is -0.393 e. The van der Waals surface area contributed by atoms with Gasteiger partial charge in [-0.3, -0.25) is 10.00 Å². The van der Waals surface area contributed by atoms with E-state index in [0.717, 1.165) is 4.68 Å². The highest BCUT2D eigenvalue weighted by atomic mass is 19.4. The average Bonchev–Trinajstić information content (AvgIpc) is 2.62. The van der Waals surface area contributed by atoms with E-state index in [1.807, 2.05) is 13.8 Å². The van der Waals surface area contributed by atoms with Crippen LogP contribution >= 0.6 is 0 Å². The van der Waals surface area contributed by atoms with Crippen molar-refractivity contribution >= 4 is 11.8 Å². The van der Waals surface area contributed by atoms with Crippen LogP contribution in [0.5, 0.6) is 0 Å². The number of aryl methyl sites for hydroxylation is 1. The first-order valence-corrected chi connectivity index (χ1v) is 7.80. The number of carbonyl (C=O) groups excluding carboxylic acids is 1. The van der Waals surface area contributed by atoms with Crippen LogP contribution in [0.2, 0.25) is 0 Å². The number of alkyl halides is 3. The molecule has 0 radical (unpaired) electrons. The first-order chi connectivity index (χ1) is 11.0. The maximum absolute atomic E-state index is 12.5. The van der Waals surface area contributed by atoms with Crippen LogP contribution < -0.4 is 5.32 Å². The molecule has 1 atom stereocenters. The van der Waals surface area contributed by atoms with E-state index < -0.39 is 24.9 Å². The molecule has 0 spiro atoms. The summed E-state index contributed by atoms with van der Waals surface area (Å²) in [5, 5.41) is 16.2. The van der Waals surface area contributed by atoms with Gasteiger partial charge in [-0.2, -0.15) is 18.3 Å². The Morgan fingerprint density at radius 2 is 2.17 bits per heavy atom. The Kier molecular flexibility index (Phi) is 5.12. The van der Waals surface area contributed by atoms with Crippen LogP contribution in [-0.4, -0.2) is 51.2 Å². The molecule has 1 aromatic heterocycles. The molecular formula is C15H23F3N4O2. The first-order valence-electron chi connectivity index (χ1n) is 7.80. The number of aliphatic hydroxyl groups excluding tert-OH is 1. The molecule has 1 unspecified atom stereocenters. The van der Waals surface area contributed by atoms with Crippen LogP contribution in [0, 0.1) is 12.3 Å². The van der Waals surface area contributed by atoms with Gasteiger partial charge in [-0.05, 0) is 25.2 Å². The van der Waals surface area contributed by atoms with E-state index in [2.05, 4.69) is 10.4 Å². The SMILES string of the molecule is Cc1cc(NC(=O)N2CCC(O)CC(C)(C)C2)nn1CC(F)(F)F. The number of nitrogens with zero attached hydrogens (tertiary/aromatic N) is 3. The maximum atomic E-state index is 12.5. The molecule has 1 fully saturated rings. The molecule has 0 aromatic carbocycles. The number of likely N-dealkylation sites (tertiary alicyclic amines) is 1. The van der Waals surface area contributed by atoms with Crippen molar-refractivity contribution in [2.24, 2.45) is 5.41 Å². The molecule has 1 saturated heterocycles. The smallest absolute Gasteiger partial charge is 0.393 e. The zero-order valence-corrected chi connectivity index (χ0v) is 14.0. The first kappa shape index (κ1) is 18.6. The van der Waals surface area contributed by atoms with Crippen LogP contribution in [-0.2, 0) is 6.54 Å². The number of rotatable bonds is 2. The highest BCUT2D eigenvalue weighted by Crippen LogP contribution is 2.28. The molecule has 136 valence electrons. The predicted octanol–water partition coefficient (Wildman–Crippen LogP) is 2.77. The summed E-state index contributed by atoms with van der Waals surface area (Å²) in [4.78, 5) is 13.9. The van der Waals surface area contributed by atoms with E-state index in [1.54, 1.807) is 4.90 Å². The van der Waals surface area contributed by atoms with Crippen molar-refractivity contribution < 1.29 is 23.1 Å². The average molecular weight is 348 g/mol. The Balaban J connectivity index is 2.05. The lowest BCUT2D eigenvalue weighted by Gasteiger charge is -2.29. The molecule has 2 rings (SSSR count). The third-order valence-electron chi connectivity index (χ3n) is 3.97. The van der Waals surface area contributed by atoms with Gasteiger partial charge in [0, 0.05) is 24.8 Å². The number of hydrogen-bond donors (Lipinski definition) is 2. The Morgan fingerprint density at radius 1 is 1.50 bits per heavy atom. The highest BCUT2D eigenvalue weighted by Gasteiger charge is 2.32. The Hall–Kier alpha value is -1.77. The van der Waals surface area contributed by atoms with Gasteiger partial charge in [-0.25, -0.2) is 4.79 Å². The second-order valence-corrected chi connectivity index (χ2v) is 7.11. The van der Waals surface area contributed by atoms with Crippen LogP contribution in [0.25, 0.3) is 0 Å². The van der Waals surface area contributed by atoms with Gasteiger partial charge in [0.1, 0.15) is 6.54 Å². The fraction of sp³-hybridized carbons (Fsp3) is 0.733. The topological polar surface area (TPSA) is 70.4 Å². The maximum Gasteiger partial charge on any atom is 0.408 e. The van der Waals surface area contributed by atoms with E-state index in [-0.39, 0.29) is 11.2 Å². The minimum absolute atomic E-state index is 0.0874. The van der Waals surface area contributed by atoms with E-state index >= 15 is 0 Å². The van der Waals surface area contributed by atoms with Crippen molar-refractivity contribution in [1.29, 1.82) is 0 Å². The van der Waals surface area contributed by atoms with E-state index in [0.29, 0.717) is 31.6 Å². The highest BCUT2D eigenvalue weighted by molar-refractivity contribution is 5.88. The fourth-order valence-corrected chi connectivity index (χ4v) is 2.97. The molecule has 6 nitrogen and oxygen atoms in total. The van der Waals surface area contributed by atoms with Gasteiger partial charge in [-0.1, -0.05) is 13.8 Å². The summed E-state index contributed by atoms with van der Waals surface area (Å²) in [6.07, 6.45) is -3.77. The van der Waals surface area contributed by atoms with Crippen LogP contribution in [0.4, 0.5) is 23.8 Å². The number of aromatic nitrogens is 2. The van der Waals surface area contributed by atoms with Crippen LogP contribution in [0.3, 0.4) is 0 Å². The van der Waals surface area contributed by atoms with Crippen LogP contribution in [0.1, 0.15) is 32.4 Å². The summed E-state index contributed by atoms with van der Waals surface area (Å²) >= 11 is 0. The summed E-state index contributed by atoms with van der Waals surface area (Å²) in [6, 6.07) is 0.982. The number of hydrogen-bond acceptors (Lipinski definition) is 3. The van der Waals surface area contributed by atoms with Gasteiger partial charge in [0.05, 0.1) is 6.10 Å². The molecule has 2 amide bonds. The van der Waals surface area contributed by atoms with Crippen molar-refractivity contribution in [3.05, 3.63) is 11.8 Å². The summed E-state index contributed by atoms with van der Waals surface area (Å²) in [5.41, 5.74) is 0.0768. The number of nitrogens with one attached hydrogen (secondary N) is 1. The molecular weight excluding hydrogens is 325 g/mol. The lowest BCUT2D eigenvalue weighted by Crippen LogP contribution is -2.40. The summed E-state index contributed by atoms with van der Waals surface area (Å²) < 4.78 is 38.2. The van der Waals surface area contributed by atoms with Gasteiger partial charge in [0.15, 0.2) is 5.82 Å².